The number of methoxy groups -OCH3 is 1. The molecule has 4 N–H and O–H groups in total. The minimum atomic E-state index is -0.587. The van der Waals surface area contributed by atoms with Crippen molar-refractivity contribution in [3.05, 3.63) is 35.4 Å². The summed E-state index contributed by atoms with van der Waals surface area (Å²) in [6.07, 6.45) is 6.13. The highest BCUT2D eigenvalue weighted by molar-refractivity contribution is 6.03. The third kappa shape index (κ3) is 4.05. The summed E-state index contributed by atoms with van der Waals surface area (Å²) in [5, 5.41) is 4.73. The molecule has 2 heterocycles. The lowest BCUT2D eigenvalue weighted by atomic mass is 9.65. The Labute approximate surface area is 199 Å². The van der Waals surface area contributed by atoms with Gasteiger partial charge in [-0.05, 0) is 49.0 Å². The van der Waals surface area contributed by atoms with Crippen LogP contribution in [0.4, 0.5) is 5.82 Å². The zero-order valence-corrected chi connectivity index (χ0v) is 19.5. The van der Waals surface area contributed by atoms with Crippen molar-refractivity contribution in [2.45, 2.75) is 51.2 Å². The average Bonchev–Trinajstić information content (AvgIpc) is 3.34. The van der Waals surface area contributed by atoms with Gasteiger partial charge in [-0.2, -0.15) is 5.10 Å². The van der Waals surface area contributed by atoms with E-state index in [0.717, 1.165) is 56.3 Å². The van der Waals surface area contributed by atoms with Crippen LogP contribution in [0.15, 0.2) is 24.3 Å². The highest BCUT2D eigenvalue weighted by Gasteiger charge is 2.51. The predicted molar refractivity (Wildman–Crippen MR) is 128 cm³/mol. The Morgan fingerprint density at radius 1 is 1.24 bits per heavy atom. The number of carbonyl (C=O) groups is 2. The van der Waals surface area contributed by atoms with E-state index in [-0.39, 0.29) is 22.9 Å². The SMILES string of the molecule is COCc1ccc(-c2nn(C3CC4(CCN(C(=O)C#CC5CCC5)C4)C3)c(N)c2C(N)=O)cc1. The number of nitrogens with two attached hydrogens (primary N) is 2. The molecular weight excluding hydrogens is 430 g/mol. The van der Waals surface area contributed by atoms with Crippen molar-refractivity contribution < 1.29 is 14.3 Å². The largest absolute Gasteiger partial charge is 0.383 e. The lowest BCUT2D eigenvalue weighted by molar-refractivity contribution is -0.125. The number of hydrogen-bond acceptors (Lipinski definition) is 5. The lowest BCUT2D eigenvalue weighted by Crippen LogP contribution is -2.42. The Hall–Kier alpha value is -3.31. The van der Waals surface area contributed by atoms with Gasteiger partial charge < -0.3 is 21.1 Å². The van der Waals surface area contributed by atoms with E-state index in [9.17, 15) is 9.59 Å². The molecule has 0 bridgehead atoms. The number of anilines is 1. The highest BCUT2D eigenvalue weighted by atomic mass is 16.5. The number of rotatable bonds is 5. The van der Waals surface area contributed by atoms with Crippen LogP contribution in [-0.2, 0) is 16.1 Å². The number of nitrogens with zero attached hydrogens (tertiary/aromatic N) is 3. The van der Waals surface area contributed by atoms with Gasteiger partial charge in [-0.25, -0.2) is 4.68 Å². The van der Waals surface area contributed by atoms with Gasteiger partial charge in [0.15, 0.2) is 0 Å². The van der Waals surface area contributed by atoms with Gasteiger partial charge in [0.2, 0.25) is 0 Å². The molecule has 178 valence electrons. The maximum absolute atomic E-state index is 12.5. The van der Waals surface area contributed by atoms with Crippen LogP contribution >= 0.6 is 0 Å². The number of aromatic nitrogens is 2. The molecule has 3 aliphatic rings. The summed E-state index contributed by atoms with van der Waals surface area (Å²) in [5.74, 6) is 6.05. The zero-order chi connectivity index (χ0) is 23.9. The van der Waals surface area contributed by atoms with Crippen LogP contribution in [0.2, 0.25) is 0 Å². The molecule has 1 aromatic heterocycles. The third-order valence-corrected chi connectivity index (χ3v) is 7.63. The number of nitrogen functional groups attached to an aromatic ring is 1. The molecule has 0 atom stereocenters. The van der Waals surface area contributed by atoms with Crippen LogP contribution in [0.5, 0.6) is 0 Å². The fourth-order valence-electron chi connectivity index (χ4n) is 5.45. The van der Waals surface area contributed by atoms with Crippen molar-refractivity contribution in [3.8, 4) is 23.1 Å². The van der Waals surface area contributed by atoms with E-state index in [4.69, 9.17) is 21.3 Å². The average molecular weight is 462 g/mol. The first-order valence-corrected chi connectivity index (χ1v) is 12.0. The van der Waals surface area contributed by atoms with Crippen LogP contribution < -0.4 is 11.5 Å². The highest BCUT2D eigenvalue weighted by Crippen LogP contribution is 2.54. The van der Waals surface area contributed by atoms with Crippen LogP contribution in [0.1, 0.15) is 60.5 Å². The number of amides is 2. The first-order valence-electron chi connectivity index (χ1n) is 12.0. The van der Waals surface area contributed by atoms with E-state index >= 15 is 0 Å². The maximum atomic E-state index is 12.5. The van der Waals surface area contributed by atoms with Crippen molar-refractivity contribution >= 4 is 17.6 Å². The summed E-state index contributed by atoms with van der Waals surface area (Å²) in [4.78, 5) is 26.7. The summed E-state index contributed by atoms with van der Waals surface area (Å²) < 4.78 is 6.92. The van der Waals surface area contributed by atoms with Gasteiger partial charge in [0, 0.05) is 31.7 Å². The number of primary amides is 1. The molecule has 1 spiro atoms. The van der Waals surface area contributed by atoms with Crippen LogP contribution in [0.3, 0.4) is 0 Å². The van der Waals surface area contributed by atoms with Gasteiger partial charge in [-0.1, -0.05) is 36.6 Å². The fourth-order valence-corrected chi connectivity index (χ4v) is 5.45. The third-order valence-electron chi connectivity index (χ3n) is 7.63. The second kappa shape index (κ2) is 8.80. The Bertz CT molecular complexity index is 1160. The summed E-state index contributed by atoms with van der Waals surface area (Å²) in [7, 11) is 1.65. The summed E-state index contributed by atoms with van der Waals surface area (Å²) in [6, 6.07) is 7.76. The Morgan fingerprint density at radius 3 is 2.59 bits per heavy atom. The molecule has 0 radical (unpaired) electrons. The topological polar surface area (TPSA) is 116 Å². The van der Waals surface area contributed by atoms with E-state index in [2.05, 4.69) is 11.8 Å². The minimum absolute atomic E-state index is 0.0546. The fraction of sp³-hybridized carbons (Fsp3) is 0.500. The predicted octanol–water partition coefficient (Wildman–Crippen LogP) is 2.73. The number of benzene rings is 1. The van der Waals surface area contributed by atoms with E-state index in [0.29, 0.717) is 24.0 Å². The second-order valence-electron chi connectivity index (χ2n) is 9.98. The zero-order valence-electron chi connectivity index (χ0n) is 19.5. The van der Waals surface area contributed by atoms with Crippen molar-refractivity contribution in [1.29, 1.82) is 0 Å². The van der Waals surface area contributed by atoms with Crippen LogP contribution in [-0.4, -0.2) is 46.7 Å². The summed E-state index contributed by atoms with van der Waals surface area (Å²) >= 11 is 0. The number of carbonyl (C=O) groups excluding carboxylic acids is 2. The number of hydrogen-bond donors (Lipinski definition) is 2. The van der Waals surface area contributed by atoms with Gasteiger partial charge >= 0.3 is 0 Å². The first kappa shape index (κ1) is 22.5. The van der Waals surface area contributed by atoms with Crippen molar-refractivity contribution in [1.82, 2.24) is 14.7 Å². The summed E-state index contributed by atoms with van der Waals surface area (Å²) in [5.41, 5.74) is 14.7. The minimum Gasteiger partial charge on any atom is -0.383 e. The monoisotopic (exact) mass is 461 g/mol. The van der Waals surface area contributed by atoms with Gasteiger partial charge in [0.05, 0.1) is 12.6 Å². The van der Waals surface area contributed by atoms with Crippen molar-refractivity contribution in [3.63, 3.8) is 0 Å². The normalized spacial score (nSPS) is 23.8. The quantitative estimate of drug-likeness (QED) is 0.664. The van der Waals surface area contributed by atoms with E-state index in [1.54, 1.807) is 11.8 Å². The van der Waals surface area contributed by atoms with E-state index in [1.807, 2.05) is 29.2 Å². The molecule has 2 saturated carbocycles. The second-order valence-corrected chi connectivity index (χ2v) is 9.98. The first-order chi connectivity index (χ1) is 16.4. The molecule has 3 fully saturated rings. The van der Waals surface area contributed by atoms with E-state index < -0.39 is 5.91 Å². The molecule has 8 heteroatoms. The lowest BCUT2D eigenvalue weighted by Gasteiger charge is -2.45. The van der Waals surface area contributed by atoms with Crippen LogP contribution in [0, 0.1) is 23.2 Å². The van der Waals surface area contributed by atoms with Gasteiger partial charge in [0.25, 0.3) is 11.8 Å². The molecule has 2 amide bonds. The molecular formula is C26H31N5O3. The molecule has 34 heavy (non-hydrogen) atoms. The standard InChI is InChI=1S/C26H31N5O3/c1-34-15-18-5-8-19(9-6-18)23-22(25(28)33)24(27)31(29-23)20-13-26(14-20)11-12-30(16-26)21(32)10-7-17-3-2-4-17/h5-6,8-9,17,20H,2-4,11-16,27H2,1H3,(H2,28,33). The maximum Gasteiger partial charge on any atom is 0.298 e. The summed E-state index contributed by atoms with van der Waals surface area (Å²) in [6.45, 7) is 1.97. The Kier molecular flexibility index (Phi) is 5.82. The Balaban J connectivity index is 1.30. The van der Waals surface area contributed by atoms with Gasteiger partial charge in [-0.3, -0.25) is 9.59 Å². The molecule has 2 aliphatic carbocycles. The molecule has 0 unspecified atom stereocenters. The number of ether oxygens (including phenoxy) is 1. The van der Waals surface area contributed by atoms with Crippen molar-refractivity contribution in [2.24, 2.45) is 17.1 Å². The number of likely N-dealkylation sites (tertiary alicyclic amines) is 1. The van der Waals surface area contributed by atoms with Gasteiger partial charge in [-0.15, -0.1) is 0 Å². The molecule has 1 aromatic carbocycles. The smallest absolute Gasteiger partial charge is 0.298 e. The van der Waals surface area contributed by atoms with Crippen molar-refractivity contribution in [2.75, 3.05) is 25.9 Å². The molecule has 2 aromatic rings. The molecule has 5 rings (SSSR count). The molecule has 1 aliphatic heterocycles. The van der Waals surface area contributed by atoms with E-state index in [1.165, 1.54) is 6.42 Å². The van der Waals surface area contributed by atoms with Gasteiger partial charge in [0.1, 0.15) is 17.1 Å². The molecule has 8 nitrogen and oxygen atoms in total. The van der Waals surface area contributed by atoms with Crippen LogP contribution in [0.25, 0.3) is 11.3 Å². The molecule has 1 saturated heterocycles. The Morgan fingerprint density at radius 2 is 1.97 bits per heavy atom.